The van der Waals surface area contributed by atoms with E-state index in [-0.39, 0.29) is 12.3 Å². The minimum Gasteiger partial charge on any atom is -0.481 e. The lowest BCUT2D eigenvalue weighted by Gasteiger charge is -2.32. The number of nitrogens with one attached hydrogen (secondary N) is 1. The number of carboxylic acids is 1. The Morgan fingerprint density at radius 1 is 1.40 bits per heavy atom. The van der Waals surface area contributed by atoms with Crippen molar-refractivity contribution in [1.82, 2.24) is 9.78 Å². The molecule has 1 saturated carbocycles. The molecule has 0 radical (unpaired) electrons. The molecule has 1 aromatic rings. The first kappa shape index (κ1) is 14.6. The van der Waals surface area contributed by atoms with Gasteiger partial charge in [0.25, 0.3) is 0 Å². The van der Waals surface area contributed by atoms with E-state index < -0.39 is 11.4 Å². The molecule has 1 amide bonds. The Morgan fingerprint density at radius 3 is 2.65 bits per heavy atom. The number of carboxylic acid groups (broad SMARTS) is 1. The number of rotatable bonds is 5. The zero-order valence-electron chi connectivity index (χ0n) is 11.8. The minimum atomic E-state index is -0.886. The maximum atomic E-state index is 12.1. The lowest BCUT2D eigenvalue weighted by atomic mass is 9.71. The Morgan fingerprint density at radius 2 is 2.10 bits per heavy atom. The number of anilines is 1. The summed E-state index contributed by atoms with van der Waals surface area (Å²) in [5, 5.41) is 16.3. The number of carbonyl (C=O) groups excluding carboxylic acids is 1. The van der Waals surface area contributed by atoms with Crippen molar-refractivity contribution in [3.8, 4) is 0 Å². The summed E-state index contributed by atoms with van der Waals surface area (Å²) >= 11 is 0. The van der Waals surface area contributed by atoms with E-state index in [4.69, 9.17) is 0 Å². The Hall–Kier alpha value is -1.85. The number of carbonyl (C=O) groups is 2. The van der Waals surface area contributed by atoms with Crippen LogP contribution < -0.4 is 5.32 Å². The Kier molecular flexibility index (Phi) is 4.42. The van der Waals surface area contributed by atoms with Crippen LogP contribution >= 0.6 is 0 Å². The Labute approximate surface area is 118 Å². The lowest BCUT2D eigenvalue weighted by Crippen LogP contribution is -2.37. The first-order chi connectivity index (χ1) is 9.55. The van der Waals surface area contributed by atoms with Crippen molar-refractivity contribution in [2.75, 3.05) is 5.32 Å². The summed E-state index contributed by atoms with van der Waals surface area (Å²) in [5.74, 6) is -1.10. The second-order valence-electron chi connectivity index (χ2n) is 5.46. The molecule has 2 N–H and O–H groups in total. The van der Waals surface area contributed by atoms with Crippen LogP contribution in [0, 0.1) is 5.41 Å². The molecule has 0 unspecified atom stereocenters. The molecule has 1 heterocycles. The lowest BCUT2D eigenvalue weighted by molar-refractivity contribution is -0.153. The molecule has 0 aromatic carbocycles. The smallest absolute Gasteiger partial charge is 0.310 e. The van der Waals surface area contributed by atoms with Gasteiger partial charge in [-0.05, 0) is 19.8 Å². The van der Waals surface area contributed by atoms with Gasteiger partial charge in [-0.1, -0.05) is 19.3 Å². The monoisotopic (exact) mass is 279 g/mol. The van der Waals surface area contributed by atoms with Crippen molar-refractivity contribution in [1.29, 1.82) is 0 Å². The highest BCUT2D eigenvalue weighted by atomic mass is 16.4. The summed E-state index contributed by atoms with van der Waals surface area (Å²) in [6.07, 6.45) is 7.36. The van der Waals surface area contributed by atoms with Gasteiger partial charge in [-0.15, -0.1) is 0 Å². The van der Waals surface area contributed by atoms with Crippen LogP contribution in [-0.4, -0.2) is 26.8 Å². The first-order valence-corrected chi connectivity index (χ1v) is 7.11. The molecule has 6 heteroatoms. The van der Waals surface area contributed by atoms with Gasteiger partial charge in [0, 0.05) is 19.2 Å². The van der Waals surface area contributed by atoms with Crippen LogP contribution in [-0.2, 0) is 16.1 Å². The summed E-state index contributed by atoms with van der Waals surface area (Å²) < 4.78 is 1.71. The number of aryl methyl sites for hydroxylation is 1. The number of nitrogens with zero attached hydrogens (tertiary/aromatic N) is 2. The summed E-state index contributed by atoms with van der Waals surface area (Å²) in [6.45, 7) is 2.69. The van der Waals surface area contributed by atoms with E-state index in [2.05, 4.69) is 10.4 Å². The fourth-order valence-electron chi connectivity index (χ4n) is 2.81. The number of amides is 1. The Balaban J connectivity index is 1.99. The maximum Gasteiger partial charge on any atom is 0.310 e. The fraction of sp³-hybridized carbons (Fsp3) is 0.643. The van der Waals surface area contributed by atoms with Gasteiger partial charge in [-0.3, -0.25) is 14.3 Å². The van der Waals surface area contributed by atoms with E-state index in [1.165, 1.54) is 0 Å². The Bertz CT molecular complexity index is 490. The van der Waals surface area contributed by atoms with Gasteiger partial charge >= 0.3 is 5.97 Å². The molecular weight excluding hydrogens is 258 g/mol. The standard InChI is InChI=1S/C14H21N3O3/c1-2-17-10-11(9-15-17)16-12(18)8-14(13(19)20)6-4-3-5-7-14/h9-10H,2-8H2,1H3,(H,16,18)(H,19,20). The van der Waals surface area contributed by atoms with Gasteiger partial charge in [0.1, 0.15) is 0 Å². The molecule has 0 atom stereocenters. The van der Waals surface area contributed by atoms with Gasteiger partial charge in [0.05, 0.1) is 17.3 Å². The van der Waals surface area contributed by atoms with Crippen molar-refractivity contribution >= 4 is 17.6 Å². The molecule has 110 valence electrons. The van der Waals surface area contributed by atoms with Gasteiger partial charge in [-0.2, -0.15) is 5.10 Å². The third-order valence-corrected chi connectivity index (χ3v) is 4.00. The van der Waals surface area contributed by atoms with Gasteiger partial charge in [0.15, 0.2) is 0 Å². The van der Waals surface area contributed by atoms with E-state index in [1.807, 2.05) is 6.92 Å². The third kappa shape index (κ3) is 3.18. The van der Waals surface area contributed by atoms with Crippen LogP contribution in [0.4, 0.5) is 5.69 Å². The topological polar surface area (TPSA) is 84.2 Å². The molecule has 1 aliphatic carbocycles. The summed E-state index contributed by atoms with van der Waals surface area (Å²) in [5.41, 5.74) is -0.267. The molecule has 2 rings (SSSR count). The molecule has 1 aliphatic rings. The second kappa shape index (κ2) is 6.07. The van der Waals surface area contributed by atoms with Crippen molar-refractivity contribution < 1.29 is 14.7 Å². The number of hydrogen-bond acceptors (Lipinski definition) is 3. The highest BCUT2D eigenvalue weighted by Gasteiger charge is 2.41. The van der Waals surface area contributed by atoms with Crippen LogP contribution in [0.3, 0.4) is 0 Å². The third-order valence-electron chi connectivity index (χ3n) is 4.00. The number of aromatic nitrogens is 2. The van der Waals surface area contributed by atoms with Gasteiger partial charge in [-0.25, -0.2) is 0 Å². The first-order valence-electron chi connectivity index (χ1n) is 7.11. The van der Waals surface area contributed by atoms with E-state index in [0.717, 1.165) is 25.8 Å². The van der Waals surface area contributed by atoms with Crippen molar-refractivity contribution in [2.24, 2.45) is 5.41 Å². The molecule has 1 fully saturated rings. The van der Waals surface area contributed by atoms with Crippen LogP contribution in [0.5, 0.6) is 0 Å². The molecule has 0 bridgehead atoms. The van der Waals surface area contributed by atoms with E-state index >= 15 is 0 Å². The van der Waals surface area contributed by atoms with E-state index in [1.54, 1.807) is 17.1 Å². The average molecular weight is 279 g/mol. The molecule has 0 aliphatic heterocycles. The molecule has 6 nitrogen and oxygen atoms in total. The van der Waals surface area contributed by atoms with Crippen LogP contribution in [0.15, 0.2) is 12.4 Å². The molecule has 1 aromatic heterocycles. The molecule has 0 spiro atoms. The van der Waals surface area contributed by atoms with Gasteiger partial charge in [0.2, 0.25) is 5.91 Å². The van der Waals surface area contributed by atoms with Crippen molar-refractivity contribution in [2.45, 2.75) is 52.0 Å². The maximum absolute atomic E-state index is 12.1. The van der Waals surface area contributed by atoms with Gasteiger partial charge < -0.3 is 10.4 Å². The summed E-state index contributed by atoms with van der Waals surface area (Å²) in [6, 6.07) is 0. The average Bonchev–Trinajstić information content (AvgIpc) is 2.87. The number of aliphatic carboxylic acids is 1. The van der Waals surface area contributed by atoms with Crippen LogP contribution in [0.1, 0.15) is 45.4 Å². The van der Waals surface area contributed by atoms with E-state index in [0.29, 0.717) is 18.5 Å². The predicted molar refractivity (Wildman–Crippen MR) is 74.3 cm³/mol. The molecule has 20 heavy (non-hydrogen) atoms. The van der Waals surface area contributed by atoms with Crippen LogP contribution in [0.2, 0.25) is 0 Å². The largest absolute Gasteiger partial charge is 0.481 e. The molecule has 0 saturated heterocycles. The highest BCUT2D eigenvalue weighted by Crippen LogP contribution is 2.39. The predicted octanol–water partition coefficient (Wildman–Crippen LogP) is 2.27. The molecular formula is C14H21N3O3. The second-order valence-corrected chi connectivity index (χ2v) is 5.46. The van der Waals surface area contributed by atoms with Crippen LogP contribution in [0.25, 0.3) is 0 Å². The minimum absolute atomic E-state index is 0.0413. The zero-order chi connectivity index (χ0) is 14.6. The normalized spacial score (nSPS) is 17.6. The quantitative estimate of drug-likeness (QED) is 0.866. The zero-order valence-corrected chi connectivity index (χ0v) is 11.8. The van der Waals surface area contributed by atoms with E-state index in [9.17, 15) is 14.7 Å². The fourth-order valence-corrected chi connectivity index (χ4v) is 2.81. The van der Waals surface area contributed by atoms with Crippen molar-refractivity contribution in [3.63, 3.8) is 0 Å². The summed E-state index contributed by atoms with van der Waals surface area (Å²) in [7, 11) is 0. The van der Waals surface area contributed by atoms with Crippen molar-refractivity contribution in [3.05, 3.63) is 12.4 Å². The highest BCUT2D eigenvalue weighted by molar-refractivity contribution is 5.94. The summed E-state index contributed by atoms with van der Waals surface area (Å²) in [4.78, 5) is 23.6. The number of hydrogen-bond donors (Lipinski definition) is 2. The SMILES string of the molecule is CCn1cc(NC(=O)CC2(C(=O)O)CCCCC2)cn1.